The molecule has 0 aliphatic rings. The van der Waals surface area contributed by atoms with Gasteiger partial charge in [-0.2, -0.15) is 0 Å². The number of nitrogens with zero attached hydrogens (tertiary/aromatic N) is 2. The summed E-state index contributed by atoms with van der Waals surface area (Å²) in [6.45, 7) is 5.80. The van der Waals surface area contributed by atoms with Crippen LogP contribution in [0.4, 0.5) is 0 Å². The van der Waals surface area contributed by atoms with Crippen LogP contribution in [0.5, 0.6) is 5.88 Å². The number of rotatable bonds is 5. The van der Waals surface area contributed by atoms with Crippen molar-refractivity contribution in [1.82, 2.24) is 15.3 Å². The minimum absolute atomic E-state index is 0.116. The van der Waals surface area contributed by atoms with Crippen LogP contribution in [0, 0.1) is 13.8 Å². The van der Waals surface area contributed by atoms with Crippen molar-refractivity contribution in [1.29, 1.82) is 0 Å². The van der Waals surface area contributed by atoms with Crippen molar-refractivity contribution < 1.29 is 9.53 Å². The molecule has 2 aromatic heterocycles. The van der Waals surface area contributed by atoms with E-state index < -0.39 is 0 Å². The zero-order valence-corrected chi connectivity index (χ0v) is 15.7. The summed E-state index contributed by atoms with van der Waals surface area (Å²) in [4.78, 5) is 22.7. The quantitative estimate of drug-likeness (QED) is 0.725. The summed E-state index contributed by atoms with van der Waals surface area (Å²) in [5.41, 5.74) is 1.95. The summed E-state index contributed by atoms with van der Waals surface area (Å²) in [7, 11) is 0. The molecule has 7 heteroatoms. The lowest BCUT2D eigenvalue weighted by atomic mass is 10.1. The number of halogens is 1. The lowest BCUT2D eigenvalue weighted by Crippen LogP contribution is -2.31. The first kappa shape index (κ1) is 17.6. The van der Waals surface area contributed by atoms with Gasteiger partial charge in [-0.25, -0.2) is 9.97 Å². The van der Waals surface area contributed by atoms with E-state index in [0.29, 0.717) is 10.9 Å². The van der Waals surface area contributed by atoms with Gasteiger partial charge in [0.15, 0.2) is 6.61 Å². The molecule has 0 bridgehead atoms. The average molecular weight is 376 g/mol. The lowest BCUT2D eigenvalue weighted by molar-refractivity contribution is -0.123. The van der Waals surface area contributed by atoms with Gasteiger partial charge in [-0.05, 0) is 38.0 Å². The normalized spacial score (nSPS) is 12.2. The number of ether oxygens (including phenoxy) is 1. The number of hydrogen-bond donors (Lipinski definition) is 1. The van der Waals surface area contributed by atoms with Gasteiger partial charge in [-0.3, -0.25) is 4.79 Å². The van der Waals surface area contributed by atoms with Gasteiger partial charge in [0.1, 0.15) is 11.2 Å². The Hall–Kier alpha value is -2.18. The van der Waals surface area contributed by atoms with Gasteiger partial charge < -0.3 is 10.1 Å². The van der Waals surface area contributed by atoms with Crippen molar-refractivity contribution in [2.45, 2.75) is 26.8 Å². The molecule has 1 unspecified atom stereocenters. The Morgan fingerprint density at radius 2 is 2.08 bits per heavy atom. The highest BCUT2D eigenvalue weighted by Crippen LogP contribution is 2.33. The van der Waals surface area contributed by atoms with E-state index in [2.05, 4.69) is 15.3 Å². The molecule has 1 aromatic carbocycles. The number of carbonyl (C=O) groups is 1. The minimum Gasteiger partial charge on any atom is -0.467 e. The summed E-state index contributed by atoms with van der Waals surface area (Å²) < 4.78 is 5.65. The maximum atomic E-state index is 12.2. The van der Waals surface area contributed by atoms with Gasteiger partial charge in [0.25, 0.3) is 5.91 Å². The fourth-order valence-electron chi connectivity index (χ4n) is 2.58. The molecule has 1 atom stereocenters. The Labute approximate surface area is 155 Å². The highest BCUT2D eigenvalue weighted by atomic mass is 35.5. The molecule has 1 amide bonds. The van der Waals surface area contributed by atoms with Crippen LogP contribution in [0.2, 0.25) is 5.02 Å². The predicted molar refractivity (Wildman–Crippen MR) is 100 cm³/mol. The second-order valence-corrected chi connectivity index (χ2v) is 7.35. The lowest BCUT2D eigenvalue weighted by Gasteiger charge is -2.16. The second-order valence-electron chi connectivity index (χ2n) is 5.74. The SMILES string of the molecule is Cc1sc2ncnc(OCC(=O)NC(C)c3ccccc3Cl)c2c1C. The van der Waals surface area contributed by atoms with Crippen LogP contribution < -0.4 is 10.1 Å². The van der Waals surface area contributed by atoms with Crippen LogP contribution in [0.3, 0.4) is 0 Å². The number of aryl methyl sites for hydroxylation is 2. The molecule has 0 aliphatic carbocycles. The second kappa shape index (κ2) is 7.37. The van der Waals surface area contributed by atoms with E-state index in [1.165, 1.54) is 6.33 Å². The summed E-state index contributed by atoms with van der Waals surface area (Å²) in [6.07, 6.45) is 1.46. The number of fused-ring (bicyclic) bond motifs is 1. The summed E-state index contributed by atoms with van der Waals surface area (Å²) in [5.74, 6) is 0.205. The molecule has 130 valence electrons. The zero-order chi connectivity index (χ0) is 18.0. The molecular formula is C18H18ClN3O2S. The van der Waals surface area contributed by atoms with Crippen LogP contribution >= 0.6 is 22.9 Å². The molecule has 0 aliphatic heterocycles. The van der Waals surface area contributed by atoms with Crippen LogP contribution in [0.25, 0.3) is 10.2 Å². The number of aromatic nitrogens is 2. The van der Waals surface area contributed by atoms with E-state index >= 15 is 0 Å². The number of amides is 1. The molecule has 3 rings (SSSR count). The number of thiophene rings is 1. The fourth-order valence-corrected chi connectivity index (χ4v) is 3.87. The van der Waals surface area contributed by atoms with Crippen LogP contribution in [0.1, 0.15) is 29.0 Å². The first-order valence-corrected chi connectivity index (χ1v) is 9.04. The van der Waals surface area contributed by atoms with Crippen LogP contribution in [-0.2, 0) is 4.79 Å². The summed E-state index contributed by atoms with van der Waals surface area (Å²) >= 11 is 7.75. The summed E-state index contributed by atoms with van der Waals surface area (Å²) in [6, 6.07) is 7.23. The Morgan fingerprint density at radius 1 is 1.32 bits per heavy atom. The average Bonchev–Trinajstić information content (AvgIpc) is 2.88. The van der Waals surface area contributed by atoms with Crippen molar-refractivity contribution in [3.63, 3.8) is 0 Å². The Kier molecular flexibility index (Phi) is 5.20. The molecular weight excluding hydrogens is 358 g/mol. The number of nitrogens with one attached hydrogen (secondary N) is 1. The van der Waals surface area contributed by atoms with Gasteiger partial charge in [0.05, 0.1) is 11.4 Å². The largest absolute Gasteiger partial charge is 0.467 e. The van der Waals surface area contributed by atoms with Crippen molar-refractivity contribution in [3.05, 3.63) is 51.6 Å². The van der Waals surface area contributed by atoms with E-state index in [0.717, 1.165) is 26.2 Å². The molecule has 25 heavy (non-hydrogen) atoms. The maximum Gasteiger partial charge on any atom is 0.258 e. The number of benzene rings is 1. The first-order valence-electron chi connectivity index (χ1n) is 7.84. The molecule has 0 radical (unpaired) electrons. The highest BCUT2D eigenvalue weighted by Gasteiger charge is 2.16. The van der Waals surface area contributed by atoms with E-state index in [4.69, 9.17) is 16.3 Å². The molecule has 2 heterocycles. The monoisotopic (exact) mass is 375 g/mol. The Bertz CT molecular complexity index is 926. The van der Waals surface area contributed by atoms with Gasteiger partial charge in [0.2, 0.25) is 5.88 Å². The van der Waals surface area contributed by atoms with Crippen molar-refractivity contribution in [2.75, 3.05) is 6.61 Å². The Balaban J connectivity index is 1.68. The highest BCUT2D eigenvalue weighted by molar-refractivity contribution is 7.18. The van der Waals surface area contributed by atoms with Crippen LogP contribution in [0.15, 0.2) is 30.6 Å². The first-order chi connectivity index (χ1) is 12.0. The van der Waals surface area contributed by atoms with E-state index in [1.54, 1.807) is 17.4 Å². The molecule has 1 N–H and O–H groups in total. The van der Waals surface area contributed by atoms with Crippen molar-refractivity contribution in [3.8, 4) is 5.88 Å². The number of hydrogen-bond acceptors (Lipinski definition) is 5. The van der Waals surface area contributed by atoms with Gasteiger partial charge in [0, 0.05) is 9.90 Å². The van der Waals surface area contributed by atoms with Gasteiger partial charge in [-0.15, -0.1) is 11.3 Å². The molecule has 0 saturated heterocycles. The zero-order valence-electron chi connectivity index (χ0n) is 14.2. The molecule has 0 spiro atoms. The molecule has 5 nitrogen and oxygen atoms in total. The van der Waals surface area contributed by atoms with Gasteiger partial charge >= 0.3 is 0 Å². The van der Waals surface area contributed by atoms with Gasteiger partial charge in [-0.1, -0.05) is 29.8 Å². The predicted octanol–water partition coefficient (Wildman–Crippen LogP) is 4.22. The third-order valence-corrected chi connectivity index (χ3v) is 5.48. The summed E-state index contributed by atoms with van der Waals surface area (Å²) in [5, 5.41) is 4.38. The van der Waals surface area contributed by atoms with Crippen LogP contribution in [-0.4, -0.2) is 22.5 Å². The van der Waals surface area contributed by atoms with E-state index in [9.17, 15) is 4.79 Å². The minimum atomic E-state index is -0.233. The fraction of sp³-hybridized carbons (Fsp3) is 0.278. The number of carbonyl (C=O) groups excluding carboxylic acids is 1. The third kappa shape index (κ3) is 3.75. The van der Waals surface area contributed by atoms with Crippen molar-refractivity contribution >= 4 is 39.1 Å². The van der Waals surface area contributed by atoms with Crippen molar-refractivity contribution in [2.24, 2.45) is 0 Å². The molecule has 3 aromatic rings. The molecule has 0 saturated carbocycles. The smallest absolute Gasteiger partial charge is 0.258 e. The molecule has 0 fully saturated rings. The Morgan fingerprint density at radius 3 is 2.84 bits per heavy atom. The maximum absolute atomic E-state index is 12.2. The standard InChI is InChI=1S/C18H18ClN3O2S/c1-10-12(3)25-18-16(10)17(20-9-21-18)24-8-15(23)22-11(2)13-6-4-5-7-14(13)19/h4-7,9,11H,8H2,1-3H3,(H,22,23). The van der Waals surface area contributed by atoms with E-state index in [1.807, 2.05) is 39.0 Å². The van der Waals surface area contributed by atoms with E-state index in [-0.39, 0.29) is 18.6 Å². The topological polar surface area (TPSA) is 64.1 Å². The third-order valence-electron chi connectivity index (χ3n) is 4.02.